The van der Waals surface area contributed by atoms with Crippen molar-refractivity contribution in [2.24, 2.45) is 17.8 Å². The number of carbonyl (C=O) groups excluding carboxylic acids is 1. The first kappa shape index (κ1) is 19.0. The Morgan fingerprint density at radius 2 is 2.04 bits per heavy atom. The van der Waals surface area contributed by atoms with Gasteiger partial charge in [-0.05, 0) is 67.7 Å². The van der Waals surface area contributed by atoms with Crippen molar-refractivity contribution in [1.82, 2.24) is 0 Å². The van der Waals surface area contributed by atoms with E-state index in [9.17, 15) is 9.90 Å². The highest BCUT2D eigenvalue weighted by Gasteiger charge is 2.33. The maximum atomic E-state index is 15.2. The molecule has 3 aliphatic carbocycles. The molecule has 2 aromatic carbocycles. The van der Waals surface area contributed by atoms with E-state index in [4.69, 9.17) is 16.3 Å². The number of fused-ring (bicyclic) bond motifs is 2. The fourth-order valence-corrected chi connectivity index (χ4v) is 4.99. The van der Waals surface area contributed by atoms with Crippen LogP contribution in [0.2, 0.25) is 5.02 Å². The van der Waals surface area contributed by atoms with Gasteiger partial charge in [-0.25, -0.2) is 4.39 Å². The summed E-state index contributed by atoms with van der Waals surface area (Å²) in [7, 11) is 1.37. The number of ether oxygens (including phenoxy) is 1. The first-order valence-electron chi connectivity index (χ1n) is 9.54. The normalized spacial score (nSPS) is 23.0. The van der Waals surface area contributed by atoms with Gasteiger partial charge in [-0.15, -0.1) is 0 Å². The Kier molecular flexibility index (Phi) is 5.15. The Labute approximate surface area is 168 Å². The molecule has 5 rings (SSSR count). The van der Waals surface area contributed by atoms with Crippen LogP contribution in [0, 0.1) is 23.6 Å². The lowest BCUT2D eigenvalue weighted by Gasteiger charge is -2.38. The lowest BCUT2D eigenvalue weighted by molar-refractivity contribution is 0.112. The summed E-state index contributed by atoms with van der Waals surface area (Å²) in [5.74, 6) is 0.844. The van der Waals surface area contributed by atoms with Crippen molar-refractivity contribution in [1.29, 1.82) is 0 Å². The minimum absolute atomic E-state index is 0.0330. The molecule has 0 radical (unpaired) electrons. The van der Waals surface area contributed by atoms with Crippen molar-refractivity contribution in [2.45, 2.75) is 25.7 Å². The zero-order valence-electron chi connectivity index (χ0n) is 15.6. The first-order chi connectivity index (χ1) is 13.5. The number of hydrogen-bond donors (Lipinski definition) is 1. The molecule has 146 valence electrons. The second-order valence-corrected chi connectivity index (χ2v) is 8.08. The van der Waals surface area contributed by atoms with Crippen LogP contribution in [0.4, 0.5) is 4.39 Å². The number of phenolic OH excluding ortho intramolecular Hbond substituents is 1. The highest BCUT2D eigenvalue weighted by atomic mass is 35.5. The summed E-state index contributed by atoms with van der Waals surface area (Å²) >= 11 is 6.48. The number of rotatable bonds is 5. The van der Waals surface area contributed by atoms with Crippen LogP contribution in [-0.2, 0) is 6.42 Å². The molecule has 1 fully saturated rings. The van der Waals surface area contributed by atoms with Gasteiger partial charge in [-0.3, -0.25) is 4.79 Å². The standard InChI is InChI=1S/C23H22ClFO3/c1-28-20-9-6-15(12-26)21(23(20)25)22-17(19(27)8-7-18(22)24)11-16-10-13-2-4-14(16)5-3-13/h2,4,6-9,12-14,16,27H,3,5,10-11H2,1H3/t13-,14?,16?/m0/s1. The van der Waals surface area contributed by atoms with E-state index in [1.165, 1.54) is 37.8 Å². The molecule has 3 atom stereocenters. The van der Waals surface area contributed by atoms with Crippen LogP contribution in [-0.4, -0.2) is 18.5 Å². The van der Waals surface area contributed by atoms with Gasteiger partial charge in [0.25, 0.3) is 0 Å². The van der Waals surface area contributed by atoms with Gasteiger partial charge in [-0.1, -0.05) is 23.8 Å². The van der Waals surface area contributed by atoms with Crippen molar-refractivity contribution >= 4 is 17.9 Å². The zero-order valence-corrected chi connectivity index (χ0v) is 16.4. The molecule has 2 bridgehead atoms. The summed E-state index contributed by atoms with van der Waals surface area (Å²) in [6, 6.07) is 6.01. The second kappa shape index (κ2) is 7.59. The van der Waals surface area contributed by atoms with Crippen LogP contribution in [0.25, 0.3) is 11.1 Å². The lowest BCUT2D eigenvalue weighted by atomic mass is 9.67. The summed E-state index contributed by atoms with van der Waals surface area (Å²) < 4.78 is 20.3. The average Bonchev–Trinajstić information content (AvgIpc) is 2.72. The largest absolute Gasteiger partial charge is 0.508 e. The van der Waals surface area contributed by atoms with Gasteiger partial charge in [-0.2, -0.15) is 0 Å². The Balaban J connectivity index is 1.86. The molecule has 3 nitrogen and oxygen atoms in total. The number of aldehydes is 1. The number of phenols is 1. The van der Waals surface area contributed by atoms with Gasteiger partial charge >= 0.3 is 0 Å². The van der Waals surface area contributed by atoms with Crippen molar-refractivity contribution in [3.8, 4) is 22.6 Å². The van der Waals surface area contributed by atoms with Gasteiger partial charge in [0, 0.05) is 27.3 Å². The van der Waals surface area contributed by atoms with Crippen molar-refractivity contribution in [3.63, 3.8) is 0 Å². The third-order valence-corrected chi connectivity index (χ3v) is 6.47. The summed E-state index contributed by atoms with van der Waals surface area (Å²) in [5, 5.41) is 10.9. The van der Waals surface area contributed by atoms with Gasteiger partial charge in [0.1, 0.15) is 5.75 Å². The van der Waals surface area contributed by atoms with Crippen LogP contribution in [0.15, 0.2) is 36.4 Å². The fraction of sp³-hybridized carbons (Fsp3) is 0.348. The number of aromatic hydroxyl groups is 1. The third kappa shape index (κ3) is 3.20. The van der Waals surface area contributed by atoms with Crippen molar-refractivity contribution < 1.29 is 19.0 Å². The number of benzene rings is 2. The van der Waals surface area contributed by atoms with Crippen molar-refractivity contribution in [2.75, 3.05) is 7.11 Å². The topological polar surface area (TPSA) is 46.5 Å². The highest BCUT2D eigenvalue weighted by Crippen LogP contribution is 2.46. The first-order valence-corrected chi connectivity index (χ1v) is 9.92. The van der Waals surface area contributed by atoms with E-state index < -0.39 is 5.82 Å². The SMILES string of the molecule is COc1ccc(C=O)c(-c2c(Cl)ccc(O)c2CC2C[C@H]3C=CC2CC3)c1F. The summed E-state index contributed by atoms with van der Waals surface area (Å²) in [5.41, 5.74) is 1.23. The fourth-order valence-electron chi connectivity index (χ4n) is 4.72. The quantitative estimate of drug-likeness (QED) is 0.508. The monoisotopic (exact) mass is 400 g/mol. The number of carbonyl (C=O) groups is 1. The highest BCUT2D eigenvalue weighted by molar-refractivity contribution is 6.33. The molecular weight excluding hydrogens is 379 g/mol. The van der Waals surface area contributed by atoms with Crippen LogP contribution in [0.1, 0.15) is 35.2 Å². The summed E-state index contributed by atoms with van der Waals surface area (Å²) in [4.78, 5) is 11.6. The molecule has 0 aromatic heterocycles. The minimum Gasteiger partial charge on any atom is -0.508 e. The van der Waals surface area contributed by atoms with E-state index in [-0.39, 0.29) is 22.6 Å². The number of halogens is 2. The smallest absolute Gasteiger partial charge is 0.173 e. The molecule has 0 heterocycles. The molecule has 2 unspecified atom stereocenters. The molecular formula is C23H22ClFO3. The van der Waals surface area contributed by atoms with Gasteiger partial charge in [0.15, 0.2) is 17.9 Å². The predicted molar refractivity (Wildman–Crippen MR) is 108 cm³/mol. The molecule has 0 saturated heterocycles. The van der Waals surface area contributed by atoms with Gasteiger partial charge in [0.2, 0.25) is 0 Å². The lowest BCUT2D eigenvalue weighted by Crippen LogP contribution is -2.28. The number of hydrogen-bond acceptors (Lipinski definition) is 3. The minimum atomic E-state index is -0.647. The molecule has 0 spiro atoms. The third-order valence-electron chi connectivity index (χ3n) is 6.15. The molecule has 5 heteroatoms. The molecule has 2 aromatic rings. The number of allylic oxidation sites excluding steroid dienone is 2. The molecule has 28 heavy (non-hydrogen) atoms. The Morgan fingerprint density at radius 3 is 2.64 bits per heavy atom. The predicted octanol–water partition coefficient (Wildman–Crippen LogP) is 5.82. The van der Waals surface area contributed by atoms with Gasteiger partial charge < -0.3 is 9.84 Å². The molecule has 1 N–H and O–H groups in total. The van der Waals surface area contributed by atoms with Crippen LogP contribution in [0.3, 0.4) is 0 Å². The van der Waals surface area contributed by atoms with Gasteiger partial charge in [0.05, 0.1) is 7.11 Å². The van der Waals surface area contributed by atoms with Crippen LogP contribution >= 0.6 is 11.6 Å². The maximum absolute atomic E-state index is 15.2. The van der Waals surface area contributed by atoms with E-state index in [1.807, 2.05) is 0 Å². The van der Waals surface area contributed by atoms with E-state index in [2.05, 4.69) is 12.2 Å². The Bertz CT molecular complexity index is 953. The van der Waals surface area contributed by atoms with E-state index in [1.54, 1.807) is 0 Å². The molecule has 1 saturated carbocycles. The second-order valence-electron chi connectivity index (χ2n) is 7.67. The molecule has 0 amide bonds. The Hall–Kier alpha value is -2.33. The summed E-state index contributed by atoms with van der Waals surface area (Å²) in [6.45, 7) is 0. The van der Waals surface area contributed by atoms with E-state index >= 15 is 4.39 Å². The van der Waals surface area contributed by atoms with Crippen molar-refractivity contribution in [3.05, 3.63) is 58.4 Å². The van der Waals surface area contributed by atoms with E-state index in [0.717, 1.165) is 12.8 Å². The summed E-state index contributed by atoms with van der Waals surface area (Å²) in [6.07, 6.45) is 9.13. The average molecular weight is 401 g/mol. The van der Waals surface area contributed by atoms with E-state index in [0.29, 0.717) is 46.6 Å². The van der Waals surface area contributed by atoms with Crippen LogP contribution in [0.5, 0.6) is 11.5 Å². The number of methoxy groups -OCH3 is 1. The molecule has 0 aliphatic heterocycles. The Morgan fingerprint density at radius 1 is 1.21 bits per heavy atom. The zero-order chi connectivity index (χ0) is 19.8. The van der Waals surface area contributed by atoms with Crippen LogP contribution < -0.4 is 4.74 Å². The molecule has 3 aliphatic rings. The maximum Gasteiger partial charge on any atom is 0.173 e.